The Balaban J connectivity index is 1.93. The van der Waals surface area contributed by atoms with E-state index in [9.17, 15) is 4.79 Å². The zero-order valence-electron chi connectivity index (χ0n) is 10.2. The van der Waals surface area contributed by atoms with E-state index in [0.717, 1.165) is 5.69 Å². The lowest BCUT2D eigenvalue weighted by Gasteiger charge is -2.14. The van der Waals surface area contributed by atoms with Gasteiger partial charge in [0.05, 0.1) is 0 Å². The van der Waals surface area contributed by atoms with Crippen LogP contribution in [0.4, 0.5) is 5.69 Å². The summed E-state index contributed by atoms with van der Waals surface area (Å²) < 4.78 is 5.54. The topological polar surface area (TPSA) is 38.3 Å². The number of hydrogen-bond acceptors (Lipinski definition) is 2. The second kappa shape index (κ2) is 5.87. The van der Waals surface area contributed by atoms with Crippen molar-refractivity contribution in [2.45, 2.75) is 13.0 Å². The van der Waals surface area contributed by atoms with E-state index in [-0.39, 0.29) is 5.91 Å². The fourth-order valence-electron chi connectivity index (χ4n) is 1.52. The van der Waals surface area contributed by atoms with Gasteiger partial charge in [-0.05, 0) is 31.2 Å². The molecule has 1 atom stereocenters. The normalized spacial score (nSPS) is 11.6. The van der Waals surface area contributed by atoms with Crippen molar-refractivity contribution in [3.63, 3.8) is 0 Å². The highest BCUT2D eigenvalue weighted by Gasteiger charge is 2.14. The lowest BCUT2D eigenvalue weighted by atomic mass is 10.3. The number of benzene rings is 2. The Morgan fingerprint density at radius 3 is 2.17 bits per heavy atom. The quantitative estimate of drug-likeness (QED) is 0.893. The molecule has 1 amide bonds. The second-order valence-electron chi connectivity index (χ2n) is 3.93. The summed E-state index contributed by atoms with van der Waals surface area (Å²) in [6.45, 7) is 1.73. The van der Waals surface area contributed by atoms with Crippen LogP contribution in [0.5, 0.6) is 5.75 Å². The number of anilines is 1. The van der Waals surface area contributed by atoms with E-state index < -0.39 is 6.10 Å². The summed E-state index contributed by atoms with van der Waals surface area (Å²) in [4.78, 5) is 11.9. The predicted octanol–water partition coefficient (Wildman–Crippen LogP) is 3.09. The van der Waals surface area contributed by atoms with Crippen LogP contribution in [0.3, 0.4) is 0 Å². The van der Waals surface area contributed by atoms with Crippen molar-refractivity contribution in [3.8, 4) is 5.75 Å². The third-order valence-electron chi connectivity index (χ3n) is 2.47. The number of ether oxygens (including phenoxy) is 1. The molecule has 2 aromatic carbocycles. The molecule has 2 rings (SSSR count). The SMILES string of the molecule is C[C@@H](Oc1ccccc1)C(=O)Nc1ccccc1. The van der Waals surface area contributed by atoms with Crippen LogP contribution in [-0.4, -0.2) is 12.0 Å². The predicted molar refractivity (Wildman–Crippen MR) is 71.6 cm³/mol. The first kappa shape index (κ1) is 12.2. The molecule has 0 aliphatic carbocycles. The lowest BCUT2D eigenvalue weighted by Crippen LogP contribution is -2.30. The van der Waals surface area contributed by atoms with Crippen LogP contribution in [0.25, 0.3) is 0 Å². The Kier molecular flexibility index (Phi) is 3.97. The minimum Gasteiger partial charge on any atom is -0.481 e. The van der Waals surface area contributed by atoms with E-state index in [2.05, 4.69) is 5.32 Å². The minimum atomic E-state index is -0.535. The van der Waals surface area contributed by atoms with E-state index in [1.165, 1.54) is 0 Å². The van der Waals surface area contributed by atoms with Gasteiger partial charge >= 0.3 is 0 Å². The molecule has 3 heteroatoms. The van der Waals surface area contributed by atoms with Gasteiger partial charge in [0.2, 0.25) is 0 Å². The second-order valence-corrected chi connectivity index (χ2v) is 3.93. The van der Waals surface area contributed by atoms with Crippen molar-refractivity contribution < 1.29 is 9.53 Å². The highest BCUT2D eigenvalue weighted by molar-refractivity contribution is 5.94. The molecule has 0 saturated heterocycles. The number of hydrogen-bond donors (Lipinski definition) is 1. The fraction of sp³-hybridized carbons (Fsp3) is 0.133. The van der Waals surface area contributed by atoms with Crippen molar-refractivity contribution in [2.75, 3.05) is 5.32 Å². The summed E-state index contributed by atoms with van der Waals surface area (Å²) in [6, 6.07) is 18.6. The zero-order valence-corrected chi connectivity index (χ0v) is 10.2. The van der Waals surface area contributed by atoms with Gasteiger partial charge < -0.3 is 10.1 Å². The molecular weight excluding hydrogens is 226 g/mol. The van der Waals surface area contributed by atoms with Crippen molar-refractivity contribution in [3.05, 3.63) is 60.7 Å². The molecule has 0 aliphatic heterocycles. The molecule has 3 nitrogen and oxygen atoms in total. The Morgan fingerprint density at radius 1 is 1.00 bits per heavy atom. The standard InChI is InChI=1S/C15H15NO2/c1-12(18-14-10-6-3-7-11-14)15(17)16-13-8-4-2-5-9-13/h2-12H,1H3,(H,16,17)/t12-/m1/s1. The monoisotopic (exact) mass is 241 g/mol. The molecular formula is C15H15NO2. The van der Waals surface area contributed by atoms with Gasteiger partial charge in [-0.25, -0.2) is 0 Å². The van der Waals surface area contributed by atoms with Crippen molar-refractivity contribution >= 4 is 11.6 Å². The van der Waals surface area contributed by atoms with Gasteiger partial charge in [0, 0.05) is 5.69 Å². The lowest BCUT2D eigenvalue weighted by molar-refractivity contribution is -0.122. The molecule has 2 aromatic rings. The van der Waals surface area contributed by atoms with Gasteiger partial charge in [-0.1, -0.05) is 36.4 Å². The largest absolute Gasteiger partial charge is 0.481 e. The number of amides is 1. The van der Waals surface area contributed by atoms with Crippen molar-refractivity contribution in [1.82, 2.24) is 0 Å². The molecule has 1 N–H and O–H groups in total. The van der Waals surface area contributed by atoms with Crippen LogP contribution in [0.2, 0.25) is 0 Å². The molecule has 0 saturated carbocycles. The molecule has 0 aliphatic rings. The summed E-state index contributed by atoms with van der Waals surface area (Å²) in [6.07, 6.45) is -0.535. The molecule has 0 aromatic heterocycles. The first-order valence-electron chi connectivity index (χ1n) is 5.83. The maximum Gasteiger partial charge on any atom is 0.265 e. The van der Waals surface area contributed by atoms with Crippen LogP contribution >= 0.6 is 0 Å². The van der Waals surface area contributed by atoms with Crippen LogP contribution in [-0.2, 0) is 4.79 Å². The van der Waals surface area contributed by atoms with Crippen LogP contribution in [0.1, 0.15) is 6.92 Å². The molecule has 0 unspecified atom stereocenters. The highest BCUT2D eigenvalue weighted by atomic mass is 16.5. The Morgan fingerprint density at radius 2 is 1.56 bits per heavy atom. The third-order valence-corrected chi connectivity index (χ3v) is 2.47. The number of carbonyl (C=O) groups is 1. The van der Waals surface area contributed by atoms with Gasteiger partial charge in [0.25, 0.3) is 5.91 Å². The molecule has 0 heterocycles. The number of carbonyl (C=O) groups excluding carboxylic acids is 1. The Bertz CT molecular complexity index is 496. The van der Waals surface area contributed by atoms with Gasteiger partial charge in [0.15, 0.2) is 6.10 Å². The molecule has 0 spiro atoms. The van der Waals surface area contributed by atoms with E-state index >= 15 is 0 Å². The average molecular weight is 241 g/mol. The summed E-state index contributed by atoms with van der Waals surface area (Å²) in [5.41, 5.74) is 0.769. The van der Waals surface area contributed by atoms with E-state index in [1.54, 1.807) is 6.92 Å². The number of para-hydroxylation sites is 2. The molecule has 0 radical (unpaired) electrons. The van der Waals surface area contributed by atoms with Crippen LogP contribution < -0.4 is 10.1 Å². The average Bonchev–Trinajstić information content (AvgIpc) is 2.41. The zero-order chi connectivity index (χ0) is 12.8. The Hall–Kier alpha value is -2.29. The molecule has 0 bridgehead atoms. The maximum atomic E-state index is 11.9. The first-order valence-corrected chi connectivity index (χ1v) is 5.83. The van der Waals surface area contributed by atoms with E-state index in [4.69, 9.17) is 4.74 Å². The molecule has 0 fully saturated rings. The minimum absolute atomic E-state index is 0.162. The van der Waals surface area contributed by atoms with Crippen molar-refractivity contribution in [2.24, 2.45) is 0 Å². The van der Waals surface area contributed by atoms with Gasteiger partial charge in [0.1, 0.15) is 5.75 Å². The molecule has 92 valence electrons. The van der Waals surface area contributed by atoms with Crippen LogP contribution in [0.15, 0.2) is 60.7 Å². The summed E-state index contributed by atoms with van der Waals surface area (Å²) in [5.74, 6) is 0.526. The first-order chi connectivity index (χ1) is 8.75. The number of nitrogens with one attached hydrogen (secondary N) is 1. The smallest absolute Gasteiger partial charge is 0.265 e. The Labute approximate surface area is 106 Å². The van der Waals surface area contributed by atoms with Gasteiger partial charge in [-0.15, -0.1) is 0 Å². The summed E-state index contributed by atoms with van der Waals surface area (Å²) in [7, 11) is 0. The summed E-state index contributed by atoms with van der Waals surface area (Å²) in [5, 5.41) is 2.80. The third kappa shape index (κ3) is 3.35. The highest BCUT2D eigenvalue weighted by Crippen LogP contribution is 2.12. The van der Waals surface area contributed by atoms with E-state index in [0.29, 0.717) is 5.75 Å². The van der Waals surface area contributed by atoms with E-state index in [1.807, 2.05) is 60.7 Å². The number of rotatable bonds is 4. The van der Waals surface area contributed by atoms with Crippen LogP contribution in [0, 0.1) is 0 Å². The maximum absolute atomic E-state index is 11.9. The fourth-order valence-corrected chi connectivity index (χ4v) is 1.52. The van der Waals surface area contributed by atoms with Gasteiger partial charge in [-0.3, -0.25) is 4.79 Å². The summed E-state index contributed by atoms with van der Waals surface area (Å²) >= 11 is 0. The van der Waals surface area contributed by atoms with Crippen molar-refractivity contribution in [1.29, 1.82) is 0 Å². The van der Waals surface area contributed by atoms with Gasteiger partial charge in [-0.2, -0.15) is 0 Å². The molecule has 18 heavy (non-hydrogen) atoms.